The van der Waals surface area contributed by atoms with Gasteiger partial charge in [0.1, 0.15) is 5.76 Å². The summed E-state index contributed by atoms with van der Waals surface area (Å²) in [6.07, 6.45) is 19.5. The summed E-state index contributed by atoms with van der Waals surface area (Å²) in [6.45, 7) is 2.13. The summed E-state index contributed by atoms with van der Waals surface area (Å²) < 4.78 is 5.46. The number of unbranched alkanes of at least 4 members (excludes halogenated alkanes) is 5. The number of epoxide rings is 1. The summed E-state index contributed by atoms with van der Waals surface area (Å²) in [4.78, 5) is 10.2. The summed E-state index contributed by atoms with van der Waals surface area (Å²) in [7, 11) is 0. The smallest absolute Gasteiger partial charge is 0.159 e. The van der Waals surface area contributed by atoms with Gasteiger partial charge in [-0.2, -0.15) is 0 Å². The van der Waals surface area contributed by atoms with E-state index in [2.05, 4.69) is 37.3 Å². The standard InChI is InChI=1S/C18H28O3/c1-2-3-10-13-16-17(21-16)14-11-8-6-4-5-7-9-12-15-18(19)20/h3,8,10-11,14,16H,2,4-7,9,12-13,15H2,1H3,(H,19,20)/p-1/b10-3+,11-8+,17-14-. The van der Waals surface area contributed by atoms with E-state index < -0.39 is 5.97 Å². The number of allylic oxidation sites excluding steroid dienone is 4. The topological polar surface area (TPSA) is 52.7 Å². The predicted molar refractivity (Wildman–Crippen MR) is 83.5 cm³/mol. The lowest BCUT2D eigenvalue weighted by molar-refractivity contribution is -0.305. The number of carbonyl (C=O) groups excluding carboxylic acids is 1. The van der Waals surface area contributed by atoms with Crippen molar-refractivity contribution in [3.63, 3.8) is 0 Å². The van der Waals surface area contributed by atoms with E-state index in [1.165, 1.54) is 0 Å². The van der Waals surface area contributed by atoms with Crippen LogP contribution in [-0.2, 0) is 9.53 Å². The fourth-order valence-corrected chi connectivity index (χ4v) is 2.15. The van der Waals surface area contributed by atoms with E-state index in [1.807, 2.05) is 0 Å². The van der Waals surface area contributed by atoms with Crippen LogP contribution >= 0.6 is 0 Å². The van der Waals surface area contributed by atoms with Gasteiger partial charge in [-0.05, 0) is 38.2 Å². The number of hydrogen-bond donors (Lipinski definition) is 0. The molecule has 0 aromatic carbocycles. The molecule has 118 valence electrons. The molecule has 0 bridgehead atoms. The van der Waals surface area contributed by atoms with E-state index in [4.69, 9.17) is 4.74 Å². The Hall–Kier alpha value is -1.51. The Morgan fingerprint density at radius 2 is 1.90 bits per heavy atom. The van der Waals surface area contributed by atoms with Gasteiger partial charge in [-0.15, -0.1) is 0 Å². The Labute approximate surface area is 128 Å². The van der Waals surface area contributed by atoms with Crippen LogP contribution in [-0.4, -0.2) is 12.1 Å². The van der Waals surface area contributed by atoms with E-state index in [0.29, 0.717) is 6.10 Å². The highest BCUT2D eigenvalue weighted by Crippen LogP contribution is 2.30. The normalized spacial score (nSPS) is 19.5. The minimum absolute atomic E-state index is 0.197. The van der Waals surface area contributed by atoms with Gasteiger partial charge in [-0.25, -0.2) is 0 Å². The van der Waals surface area contributed by atoms with Crippen LogP contribution in [0.2, 0.25) is 0 Å². The molecule has 0 aromatic heterocycles. The van der Waals surface area contributed by atoms with Crippen LogP contribution in [0.25, 0.3) is 0 Å². The van der Waals surface area contributed by atoms with Gasteiger partial charge in [-0.1, -0.05) is 50.5 Å². The molecule has 1 unspecified atom stereocenters. The average Bonchev–Trinajstić information content (AvgIpc) is 3.19. The van der Waals surface area contributed by atoms with E-state index in [1.54, 1.807) is 0 Å². The molecule has 0 N–H and O–H groups in total. The maximum Gasteiger partial charge on any atom is 0.159 e. The Morgan fingerprint density at radius 1 is 1.14 bits per heavy atom. The highest BCUT2D eigenvalue weighted by Gasteiger charge is 2.29. The number of carboxylic acids is 1. The van der Waals surface area contributed by atoms with Gasteiger partial charge in [0.15, 0.2) is 6.10 Å². The molecule has 0 aliphatic carbocycles. The Kier molecular flexibility index (Phi) is 9.34. The second-order valence-corrected chi connectivity index (χ2v) is 5.40. The highest BCUT2D eigenvalue weighted by atomic mass is 16.6. The van der Waals surface area contributed by atoms with Crippen molar-refractivity contribution in [3.05, 3.63) is 36.1 Å². The monoisotopic (exact) mass is 291 g/mol. The van der Waals surface area contributed by atoms with Crippen molar-refractivity contribution in [1.29, 1.82) is 0 Å². The molecular formula is C18H27O3-. The zero-order valence-electron chi connectivity index (χ0n) is 13.1. The molecule has 1 fully saturated rings. The lowest BCUT2D eigenvalue weighted by Gasteiger charge is -2.01. The summed E-state index contributed by atoms with van der Waals surface area (Å²) in [6, 6.07) is 0. The second kappa shape index (κ2) is 11.2. The number of aliphatic carboxylic acids is 1. The molecule has 1 saturated heterocycles. The third-order valence-corrected chi connectivity index (χ3v) is 3.44. The van der Waals surface area contributed by atoms with Crippen LogP contribution in [0.1, 0.15) is 64.7 Å². The third kappa shape index (κ3) is 9.94. The predicted octanol–water partition coefficient (Wildman–Crippen LogP) is 3.66. The minimum atomic E-state index is -0.934. The van der Waals surface area contributed by atoms with Crippen molar-refractivity contribution in [2.45, 2.75) is 70.8 Å². The second-order valence-electron chi connectivity index (χ2n) is 5.40. The summed E-state index contributed by atoms with van der Waals surface area (Å²) >= 11 is 0. The molecule has 3 heteroatoms. The van der Waals surface area contributed by atoms with Gasteiger partial charge >= 0.3 is 0 Å². The molecule has 0 spiro atoms. The average molecular weight is 291 g/mol. The number of hydrogen-bond acceptors (Lipinski definition) is 3. The molecule has 1 aliphatic heterocycles. The summed E-state index contributed by atoms with van der Waals surface area (Å²) in [5, 5.41) is 10.2. The van der Waals surface area contributed by atoms with E-state index in [9.17, 15) is 9.90 Å². The molecule has 0 radical (unpaired) electrons. The summed E-state index contributed by atoms with van der Waals surface area (Å²) in [5.74, 6) is 0.158. The first-order valence-corrected chi connectivity index (χ1v) is 8.12. The third-order valence-electron chi connectivity index (χ3n) is 3.44. The van der Waals surface area contributed by atoms with E-state index in [-0.39, 0.29) is 6.42 Å². The molecule has 3 nitrogen and oxygen atoms in total. The lowest BCUT2D eigenvalue weighted by Crippen LogP contribution is -2.21. The highest BCUT2D eigenvalue weighted by molar-refractivity contribution is 5.64. The Balaban J connectivity index is 1.92. The first-order valence-electron chi connectivity index (χ1n) is 8.12. The zero-order chi connectivity index (χ0) is 15.3. The molecule has 21 heavy (non-hydrogen) atoms. The molecule has 0 aromatic rings. The fraction of sp³-hybridized carbons (Fsp3) is 0.611. The van der Waals surface area contributed by atoms with Crippen LogP contribution < -0.4 is 5.11 Å². The van der Waals surface area contributed by atoms with Crippen molar-refractivity contribution in [2.75, 3.05) is 0 Å². The van der Waals surface area contributed by atoms with Crippen LogP contribution in [0.15, 0.2) is 36.1 Å². The molecule has 1 aliphatic rings. The Morgan fingerprint density at radius 3 is 2.67 bits per heavy atom. The van der Waals surface area contributed by atoms with Gasteiger partial charge in [-0.3, -0.25) is 0 Å². The first kappa shape index (κ1) is 17.5. The van der Waals surface area contributed by atoms with Gasteiger partial charge in [0.05, 0.1) is 0 Å². The largest absolute Gasteiger partial charge is 0.550 e. The first-order chi connectivity index (χ1) is 10.2. The minimum Gasteiger partial charge on any atom is -0.550 e. The van der Waals surface area contributed by atoms with Gasteiger partial charge in [0, 0.05) is 12.4 Å². The van der Waals surface area contributed by atoms with Gasteiger partial charge in [0.25, 0.3) is 0 Å². The van der Waals surface area contributed by atoms with Crippen LogP contribution in [0.3, 0.4) is 0 Å². The van der Waals surface area contributed by atoms with E-state index in [0.717, 1.165) is 57.1 Å². The maximum absolute atomic E-state index is 10.2. The van der Waals surface area contributed by atoms with Gasteiger partial charge < -0.3 is 14.6 Å². The lowest BCUT2D eigenvalue weighted by atomic mass is 10.1. The Bertz CT molecular complexity index is 380. The van der Waals surface area contributed by atoms with Crippen molar-refractivity contribution >= 4 is 5.97 Å². The molecule has 0 amide bonds. The number of carboxylic acid groups (broad SMARTS) is 1. The quantitative estimate of drug-likeness (QED) is 0.313. The zero-order valence-corrected chi connectivity index (χ0v) is 13.1. The number of carbonyl (C=O) groups is 1. The van der Waals surface area contributed by atoms with Gasteiger partial charge in [0.2, 0.25) is 0 Å². The number of ether oxygens (including phenoxy) is 1. The van der Waals surface area contributed by atoms with Crippen molar-refractivity contribution in [1.82, 2.24) is 0 Å². The molecule has 1 heterocycles. The van der Waals surface area contributed by atoms with Crippen molar-refractivity contribution < 1.29 is 14.6 Å². The van der Waals surface area contributed by atoms with Crippen LogP contribution in [0.4, 0.5) is 0 Å². The SMILES string of the molecule is CC/C=C/CC1O/C1=C\C=C\CCCCCCCC(=O)[O-]. The van der Waals surface area contributed by atoms with E-state index >= 15 is 0 Å². The number of rotatable bonds is 12. The molecular weight excluding hydrogens is 264 g/mol. The summed E-state index contributed by atoms with van der Waals surface area (Å²) in [5.41, 5.74) is 0. The maximum atomic E-state index is 10.2. The molecule has 1 rings (SSSR count). The van der Waals surface area contributed by atoms with Crippen molar-refractivity contribution in [2.24, 2.45) is 0 Å². The van der Waals surface area contributed by atoms with Crippen LogP contribution in [0, 0.1) is 0 Å². The molecule has 1 atom stereocenters. The molecule has 0 saturated carbocycles. The van der Waals surface area contributed by atoms with Crippen molar-refractivity contribution in [3.8, 4) is 0 Å². The van der Waals surface area contributed by atoms with Crippen LogP contribution in [0.5, 0.6) is 0 Å². The fourth-order valence-electron chi connectivity index (χ4n) is 2.15.